The van der Waals surface area contributed by atoms with E-state index in [0.717, 1.165) is 21.6 Å². The molecular weight excluding hydrogens is 508 g/mol. The molecule has 0 aliphatic carbocycles. The zero-order valence-electron chi connectivity index (χ0n) is 23.0. The van der Waals surface area contributed by atoms with Crippen LogP contribution in [0.5, 0.6) is 0 Å². The van der Waals surface area contributed by atoms with Gasteiger partial charge in [0.1, 0.15) is 12.6 Å². The third kappa shape index (κ3) is 6.14. The predicted octanol–water partition coefficient (Wildman–Crippen LogP) is 4.43. The first-order chi connectivity index (χ1) is 18.9. The van der Waals surface area contributed by atoms with Crippen LogP contribution < -0.4 is 20.9 Å². The molecule has 1 aliphatic heterocycles. The van der Waals surface area contributed by atoms with Gasteiger partial charge in [-0.1, -0.05) is 48.5 Å². The van der Waals surface area contributed by atoms with Gasteiger partial charge in [-0.3, -0.25) is 14.5 Å². The summed E-state index contributed by atoms with van der Waals surface area (Å²) in [5.41, 5.74) is 8.72. The number of carboxylic acid groups (broad SMARTS) is 1. The van der Waals surface area contributed by atoms with Crippen molar-refractivity contribution in [3.05, 3.63) is 95.1 Å². The number of nitrogens with two attached hydrogens (primary N) is 1. The van der Waals surface area contributed by atoms with Gasteiger partial charge in [0.2, 0.25) is 5.91 Å². The lowest BCUT2D eigenvalue weighted by atomic mass is 9.85. The first-order valence-corrected chi connectivity index (χ1v) is 13.1. The minimum Gasteiger partial charge on any atom is -0.478 e. The van der Waals surface area contributed by atoms with Gasteiger partial charge >= 0.3 is 12.0 Å². The molecule has 4 rings (SSSR count). The first kappa shape index (κ1) is 28.4. The second kappa shape index (κ2) is 11.2. The summed E-state index contributed by atoms with van der Waals surface area (Å²) in [7, 11) is 0. The van der Waals surface area contributed by atoms with Gasteiger partial charge in [0.25, 0.3) is 5.91 Å². The molecule has 4 N–H and O–H groups in total. The van der Waals surface area contributed by atoms with Gasteiger partial charge in [0.15, 0.2) is 0 Å². The minimum absolute atomic E-state index is 0.0512. The molecular formula is C31H34N4O5. The van der Waals surface area contributed by atoms with Crippen LogP contribution in [0.3, 0.4) is 0 Å². The van der Waals surface area contributed by atoms with Crippen LogP contribution in [0.25, 0.3) is 0 Å². The van der Waals surface area contributed by atoms with Crippen LogP contribution in [0.4, 0.5) is 16.2 Å². The van der Waals surface area contributed by atoms with E-state index < -0.39 is 29.5 Å². The van der Waals surface area contributed by atoms with E-state index in [0.29, 0.717) is 5.69 Å². The molecule has 9 nitrogen and oxygen atoms in total. The monoisotopic (exact) mass is 542 g/mol. The molecule has 1 heterocycles. The number of amides is 4. The summed E-state index contributed by atoms with van der Waals surface area (Å²) in [6.45, 7) is 7.20. The highest BCUT2D eigenvalue weighted by Crippen LogP contribution is 2.41. The molecule has 208 valence electrons. The van der Waals surface area contributed by atoms with Gasteiger partial charge in [0.05, 0.1) is 5.56 Å². The number of aromatic carboxylic acids is 1. The molecule has 1 aliphatic rings. The number of carbonyl (C=O) groups excluding carboxylic acids is 3. The van der Waals surface area contributed by atoms with Gasteiger partial charge < -0.3 is 21.1 Å². The van der Waals surface area contributed by atoms with Gasteiger partial charge in [-0.15, -0.1) is 0 Å². The number of hydrogen-bond donors (Lipinski definition) is 3. The SMILES string of the molecule is Cc1ccc2c(c1)N(CC(=O)NC(C)(C)C)C(=O)C(N(C(N)=O)c1cccc(C(=O)O)c1)CC2c1ccccc1. The molecule has 0 spiro atoms. The predicted molar refractivity (Wildman–Crippen MR) is 154 cm³/mol. The van der Waals surface area contributed by atoms with Crippen LogP contribution >= 0.6 is 0 Å². The average molecular weight is 543 g/mol. The van der Waals surface area contributed by atoms with E-state index in [2.05, 4.69) is 5.32 Å². The topological polar surface area (TPSA) is 133 Å². The highest BCUT2D eigenvalue weighted by Gasteiger charge is 2.41. The smallest absolute Gasteiger partial charge is 0.335 e. The number of aryl methyl sites for hydroxylation is 1. The van der Waals surface area contributed by atoms with Crippen molar-refractivity contribution in [2.24, 2.45) is 5.73 Å². The molecule has 0 saturated carbocycles. The third-order valence-corrected chi connectivity index (χ3v) is 6.80. The average Bonchev–Trinajstić information content (AvgIpc) is 2.99. The summed E-state index contributed by atoms with van der Waals surface area (Å²) >= 11 is 0. The number of nitrogens with one attached hydrogen (secondary N) is 1. The Hall–Kier alpha value is -4.66. The Kier molecular flexibility index (Phi) is 7.95. The number of rotatable bonds is 6. The number of primary amides is 1. The first-order valence-electron chi connectivity index (χ1n) is 13.1. The fourth-order valence-corrected chi connectivity index (χ4v) is 5.16. The summed E-state index contributed by atoms with van der Waals surface area (Å²) < 4.78 is 0. The minimum atomic E-state index is -1.18. The van der Waals surface area contributed by atoms with Crippen molar-refractivity contribution in [3.8, 4) is 0 Å². The van der Waals surface area contributed by atoms with E-state index in [1.807, 2.05) is 76.2 Å². The van der Waals surface area contributed by atoms with Crippen molar-refractivity contribution in [1.82, 2.24) is 5.32 Å². The van der Waals surface area contributed by atoms with Crippen molar-refractivity contribution in [2.45, 2.75) is 51.6 Å². The molecule has 3 aromatic carbocycles. The van der Waals surface area contributed by atoms with Crippen LogP contribution in [0, 0.1) is 6.92 Å². The second-order valence-electron chi connectivity index (χ2n) is 11.1. The molecule has 0 fully saturated rings. The highest BCUT2D eigenvalue weighted by atomic mass is 16.4. The molecule has 0 saturated heterocycles. The molecule has 0 aromatic heterocycles. The lowest BCUT2D eigenvalue weighted by molar-refractivity contribution is -0.125. The number of urea groups is 1. The van der Waals surface area contributed by atoms with Gasteiger partial charge in [-0.25, -0.2) is 9.59 Å². The molecule has 0 bridgehead atoms. The van der Waals surface area contributed by atoms with Crippen molar-refractivity contribution < 1.29 is 24.3 Å². The maximum absolute atomic E-state index is 14.4. The Balaban J connectivity index is 1.91. The van der Waals surface area contributed by atoms with Crippen LogP contribution in [-0.2, 0) is 9.59 Å². The van der Waals surface area contributed by atoms with Crippen LogP contribution in [0.2, 0.25) is 0 Å². The molecule has 3 aromatic rings. The van der Waals surface area contributed by atoms with E-state index >= 15 is 0 Å². The van der Waals surface area contributed by atoms with Crippen LogP contribution in [0.1, 0.15) is 60.2 Å². The summed E-state index contributed by atoms with van der Waals surface area (Å²) in [4.78, 5) is 54.8. The number of carbonyl (C=O) groups is 4. The number of benzene rings is 3. The van der Waals surface area contributed by atoms with Gasteiger partial charge in [-0.2, -0.15) is 0 Å². The van der Waals surface area contributed by atoms with E-state index in [1.54, 1.807) is 6.07 Å². The Morgan fingerprint density at radius 2 is 1.73 bits per heavy atom. The Bertz CT molecular complexity index is 1450. The molecule has 40 heavy (non-hydrogen) atoms. The normalized spacial score (nSPS) is 17.0. The lowest BCUT2D eigenvalue weighted by Crippen LogP contribution is -2.55. The zero-order valence-corrected chi connectivity index (χ0v) is 23.0. The molecule has 0 radical (unpaired) electrons. The highest BCUT2D eigenvalue weighted by molar-refractivity contribution is 6.09. The van der Waals surface area contributed by atoms with Gasteiger partial charge in [0, 0.05) is 22.8 Å². The quantitative estimate of drug-likeness (QED) is 0.424. The van der Waals surface area contributed by atoms with Crippen molar-refractivity contribution in [1.29, 1.82) is 0 Å². The molecule has 9 heteroatoms. The van der Waals surface area contributed by atoms with Gasteiger partial charge in [-0.05, 0) is 75.1 Å². The molecule has 2 unspecified atom stereocenters. The Labute approximate surface area is 233 Å². The standard InChI is InChI=1S/C31H34N4O5/c1-19-13-14-23-24(20-9-6-5-7-10-20)17-26(35(30(32)40)22-12-8-11-21(16-22)29(38)39)28(37)34(25(23)15-19)18-27(36)33-31(2,3)4/h5-16,24,26H,17-18H2,1-4H3,(H2,32,40)(H,33,36)(H,38,39). The zero-order chi connectivity index (χ0) is 29.2. The number of nitrogens with zero attached hydrogens (tertiary/aromatic N) is 2. The summed E-state index contributed by atoms with van der Waals surface area (Å²) in [5.74, 6) is -2.35. The third-order valence-electron chi connectivity index (χ3n) is 6.80. The molecule has 4 amide bonds. The van der Waals surface area contributed by atoms with E-state index in [1.165, 1.54) is 23.1 Å². The number of carboxylic acids is 1. The van der Waals surface area contributed by atoms with E-state index in [-0.39, 0.29) is 36.0 Å². The van der Waals surface area contributed by atoms with E-state index in [4.69, 9.17) is 5.73 Å². The number of hydrogen-bond acceptors (Lipinski definition) is 4. The lowest BCUT2D eigenvalue weighted by Gasteiger charge is -2.33. The Morgan fingerprint density at radius 1 is 1.02 bits per heavy atom. The maximum Gasteiger partial charge on any atom is 0.335 e. The summed E-state index contributed by atoms with van der Waals surface area (Å²) in [6, 6.07) is 19.1. The fraction of sp³-hybridized carbons (Fsp3) is 0.290. The largest absolute Gasteiger partial charge is 0.478 e. The fourth-order valence-electron chi connectivity index (χ4n) is 5.16. The number of anilines is 2. The molecule has 2 atom stereocenters. The summed E-state index contributed by atoms with van der Waals surface area (Å²) in [5, 5.41) is 12.5. The van der Waals surface area contributed by atoms with Crippen LogP contribution in [0.15, 0.2) is 72.8 Å². The van der Waals surface area contributed by atoms with Crippen molar-refractivity contribution in [2.75, 3.05) is 16.3 Å². The van der Waals surface area contributed by atoms with Crippen LogP contribution in [-0.4, -0.2) is 47.0 Å². The second-order valence-corrected chi connectivity index (χ2v) is 11.1. The number of fused-ring (bicyclic) bond motifs is 1. The maximum atomic E-state index is 14.4. The van der Waals surface area contributed by atoms with E-state index in [9.17, 15) is 24.3 Å². The Morgan fingerprint density at radius 3 is 2.35 bits per heavy atom. The summed E-state index contributed by atoms with van der Waals surface area (Å²) in [6.07, 6.45) is 0.163. The van der Waals surface area contributed by atoms with Crippen molar-refractivity contribution in [3.63, 3.8) is 0 Å². The van der Waals surface area contributed by atoms with Crippen molar-refractivity contribution >= 4 is 35.2 Å².